The molecule has 0 amide bonds. The molecule has 4 heteroatoms. The lowest BCUT2D eigenvalue weighted by Crippen LogP contribution is -2.19. The van der Waals surface area contributed by atoms with Gasteiger partial charge in [-0.1, -0.05) is 39.0 Å². The van der Waals surface area contributed by atoms with Crippen LogP contribution in [0.3, 0.4) is 0 Å². The lowest BCUT2D eigenvalue weighted by Gasteiger charge is -1.97. The highest BCUT2D eigenvalue weighted by Crippen LogP contribution is 2.06. The smallest absolute Gasteiger partial charge is 0.303 e. The first kappa shape index (κ1) is 17.8. The van der Waals surface area contributed by atoms with E-state index in [1.165, 1.54) is 25.7 Å². The molecule has 0 fully saturated rings. The molecule has 0 aromatic carbocycles. The number of carboxylic acids is 1. The molecule has 0 saturated carbocycles. The van der Waals surface area contributed by atoms with E-state index in [0.717, 1.165) is 12.8 Å². The van der Waals surface area contributed by atoms with Gasteiger partial charge in [0.1, 0.15) is 6.23 Å². The topological polar surface area (TPSA) is 69.6 Å². The Bertz CT molecular complexity index is 149. The van der Waals surface area contributed by atoms with E-state index in [1.54, 1.807) is 14.0 Å². The van der Waals surface area contributed by atoms with Crippen molar-refractivity contribution >= 4 is 5.97 Å². The lowest BCUT2D eigenvalue weighted by atomic mass is 10.1. The second-order valence-electron chi connectivity index (χ2n) is 3.88. The molecule has 98 valence electrons. The van der Waals surface area contributed by atoms with Gasteiger partial charge in [0.05, 0.1) is 0 Å². The Balaban J connectivity index is 0. The van der Waals surface area contributed by atoms with Crippen molar-refractivity contribution in [3.8, 4) is 0 Å². The summed E-state index contributed by atoms with van der Waals surface area (Å²) >= 11 is 0. The van der Waals surface area contributed by atoms with Gasteiger partial charge < -0.3 is 10.2 Å². The van der Waals surface area contributed by atoms with Crippen molar-refractivity contribution in [1.82, 2.24) is 5.32 Å². The normalized spacial score (nSPS) is 11.5. The van der Waals surface area contributed by atoms with Gasteiger partial charge in [-0.2, -0.15) is 0 Å². The first-order chi connectivity index (χ1) is 7.54. The third kappa shape index (κ3) is 23.3. The second-order valence-corrected chi connectivity index (χ2v) is 3.88. The molecule has 3 N–H and O–H groups in total. The molecule has 0 aliphatic carbocycles. The van der Waals surface area contributed by atoms with E-state index in [2.05, 4.69) is 12.2 Å². The monoisotopic (exact) mass is 233 g/mol. The average Bonchev–Trinajstić information content (AvgIpc) is 2.23. The lowest BCUT2D eigenvalue weighted by molar-refractivity contribution is -0.137. The van der Waals surface area contributed by atoms with E-state index in [1.807, 2.05) is 0 Å². The Hall–Kier alpha value is -0.610. The zero-order valence-corrected chi connectivity index (χ0v) is 10.8. The van der Waals surface area contributed by atoms with Crippen LogP contribution in [0.15, 0.2) is 0 Å². The van der Waals surface area contributed by atoms with E-state index >= 15 is 0 Å². The maximum atomic E-state index is 10.1. The molecule has 16 heavy (non-hydrogen) atoms. The summed E-state index contributed by atoms with van der Waals surface area (Å²) in [6.45, 7) is 3.84. The first-order valence-electron chi connectivity index (χ1n) is 6.11. The standard InChI is InChI=1S/C9H18O2.C3H9NO/c1-2-3-4-5-6-7-8-9(10)11;1-3(5)4-2/h2-8H2,1H3,(H,10,11);3-5H,1-2H3. The van der Waals surface area contributed by atoms with Crippen LogP contribution < -0.4 is 5.32 Å². The Morgan fingerprint density at radius 2 is 1.62 bits per heavy atom. The number of carboxylic acid groups (broad SMARTS) is 1. The van der Waals surface area contributed by atoms with Crippen molar-refractivity contribution in [2.45, 2.75) is 65.0 Å². The molecular formula is C12H27NO3. The summed E-state index contributed by atoms with van der Waals surface area (Å²) in [6, 6.07) is 0. The Labute approximate surface area is 99.1 Å². The number of rotatable bonds is 8. The molecule has 0 aromatic heterocycles. The van der Waals surface area contributed by atoms with Crippen molar-refractivity contribution in [2.24, 2.45) is 0 Å². The fraction of sp³-hybridized carbons (Fsp3) is 0.917. The minimum Gasteiger partial charge on any atom is -0.481 e. The van der Waals surface area contributed by atoms with E-state index in [0.29, 0.717) is 6.42 Å². The van der Waals surface area contributed by atoms with Gasteiger partial charge in [-0.3, -0.25) is 10.1 Å². The molecule has 0 radical (unpaired) electrons. The zero-order chi connectivity index (χ0) is 12.8. The van der Waals surface area contributed by atoms with Crippen LogP contribution in [-0.4, -0.2) is 29.5 Å². The number of aliphatic hydroxyl groups excluding tert-OH is 1. The van der Waals surface area contributed by atoms with Crippen molar-refractivity contribution in [2.75, 3.05) is 7.05 Å². The van der Waals surface area contributed by atoms with Gasteiger partial charge in [-0.15, -0.1) is 0 Å². The number of aliphatic carboxylic acids is 1. The first-order valence-corrected chi connectivity index (χ1v) is 6.11. The molecule has 0 aromatic rings. The van der Waals surface area contributed by atoms with Crippen LogP contribution >= 0.6 is 0 Å². The van der Waals surface area contributed by atoms with Gasteiger partial charge in [0.15, 0.2) is 0 Å². The highest BCUT2D eigenvalue weighted by molar-refractivity contribution is 5.66. The van der Waals surface area contributed by atoms with Crippen LogP contribution in [0.2, 0.25) is 0 Å². The molecule has 0 spiro atoms. The van der Waals surface area contributed by atoms with Gasteiger partial charge in [0, 0.05) is 6.42 Å². The Kier molecular flexibility index (Phi) is 16.0. The second kappa shape index (κ2) is 14.4. The molecular weight excluding hydrogens is 206 g/mol. The van der Waals surface area contributed by atoms with Gasteiger partial charge in [-0.05, 0) is 20.4 Å². The summed E-state index contributed by atoms with van der Waals surface area (Å²) in [4.78, 5) is 10.1. The van der Waals surface area contributed by atoms with E-state index in [4.69, 9.17) is 10.2 Å². The maximum Gasteiger partial charge on any atom is 0.303 e. The largest absolute Gasteiger partial charge is 0.481 e. The number of hydrogen-bond donors (Lipinski definition) is 3. The minimum atomic E-state index is -0.666. The summed E-state index contributed by atoms with van der Waals surface area (Å²) in [5.74, 6) is -0.666. The molecule has 4 nitrogen and oxygen atoms in total. The van der Waals surface area contributed by atoms with Crippen LogP contribution in [-0.2, 0) is 4.79 Å². The number of nitrogens with one attached hydrogen (secondary N) is 1. The quantitative estimate of drug-likeness (QED) is 0.444. The Morgan fingerprint density at radius 3 is 2.00 bits per heavy atom. The predicted octanol–water partition coefficient (Wildman–Crippen LogP) is 2.37. The minimum absolute atomic E-state index is 0.339. The van der Waals surface area contributed by atoms with Crippen LogP contribution in [0.1, 0.15) is 58.8 Å². The molecule has 0 saturated heterocycles. The molecule has 0 bridgehead atoms. The van der Waals surface area contributed by atoms with Gasteiger partial charge >= 0.3 is 5.97 Å². The van der Waals surface area contributed by atoms with Crippen molar-refractivity contribution < 1.29 is 15.0 Å². The van der Waals surface area contributed by atoms with Crippen molar-refractivity contribution in [1.29, 1.82) is 0 Å². The molecule has 0 rings (SSSR count). The van der Waals surface area contributed by atoms with Crippen molar-refractivity contribution in [3.05, 3.63) is 0 Å². The number of hydrogen-bond acceptors (Lipinski definition) is 3. The predicted molar refractivity (Wildman–Crippen MR) is 66.4 cm³/mol. The molecule has 1 unspecified atom stereocenters. The SMILES string of the molecule is CCCCCCCCC(=O)O.CNC(C)O. The highest BCUT2D eigenvalue weighted by atomic mass is 16.4. The van der Waals surface area contributed by atoms with Gasteiger partial charge in [0.2, 0.25) is 0 Å². The fourth-order valence-electron chi connectivity index (χ4n) is 1.06. The van der Waals surface area contributed by atoms with E-state index in [9.17, 15) is 4.79 Å². The highest BCUT2D eigenvalue weighted by Gasteiger charge is 1.95. The van der Waals surface area contributed by atoms with Gasteiger partial charge in [-0.25, -0.2) is 0 Å². The summed E-state index contributed by atoms with van der Waals surface area (Å²) in [5, 5.41) is 19.1. The molecule has 1 atom stereocenters. The summed E-state index contributed by atoms with van der Waals surface area (Å²) in [6.07, 6.45) is 6.88. The molecule has 0 aliphatic rings. The molecule has 0 aliphatic heterocycles. The van der Waals surface area contributed by atoms with Crippen LogP contribution in [0.4, 0.5) is 0 Å². The maximum absolute atomic E-state index is 10.1. The fourth-order valence-corrected chi connectivity index (χ4v) is 1.06. The van der Waals surface area contributed by atoms with E-state index in [-0.39, 0.29) is 6.23 Å². The number of aliphatic hydroxyl groups is 1. The van der Waals surface area contributed by atoms with E-state index < -0.39 is 5.97 Å². The van der Waals surface area contributed by atoms with Crippen molar-refractivity contribution in [3.63, 3.8) is 0 Å². The number of carbonyl (C=O) groups is 1. The summed E-state index contributed by atoms with van der Waals surface area (Å²) < 4.78 is 0. The molecule has 0 heterocycles. The Morgan fingerprint density at radius 1 is 1.19 bits per heavy atom. The zero-order valence-electron chi connectivity index (χ0n) is 10.8. The summed E-state index contributed by atoms with van der Waals surface area (Å²) in [5.41, 5.74) is 0. The van der Waals surface area contributed by atoms with Gasteiger partial charge in [0.25, 0.3) is 0 Å². The van der Waals surface area contributed by atoms with Crippen LogP contribution in [0.5, 0.6) is 0 Å². The average molecular weight is 233 g/mol. The van der Waals surface area contributed by atoms with Crippen LogP contribution in [0.25, 0.3) is 0 Å². The number of unbranched alkanes of at least 4 members (excludes halogenated alkanes) is 5. The van der Waals surface area contributed by atoms with Crippen LogP contribution in [0, 0.1) is 0 Å². The summed E-state index contributed by atoms with van der Waals surface area (Å²) in [7, 11) is 1.70. The third-order valence-corrected chi connectivity index (χ3v) is 2.16. The third-order valence-electron chi connectivity index (χ3n) is 2.16.